The van der Waals surface area contributed by atoms with Gasteiger partial charge in [0, 0.05) is 0 Å². The van der Waals surface area contributed by atoms with Crippen molar-refractivity contribution in [2.45, 2.75) is 5.92 Å². The number of hydrogen-bond donors (Lipinski definition) is 1. The van der Waals surface area contributed by atoms with Crippen LogP contribution in [0.4, 0.5) is 8.78 Å². The van der Waals surface area contributed by atoms with Crippen LogP contribution in [0.3, 0.4) is 0 Å². The van der Waals surface area contributed by atoms with E-state index in [1.807, 2.05) is 6.07 Å². The highest BCUT2D eigenvalue weighted by Gasteiger charge is 2.36. The summed E-state index contributed by atoms with van der Waals surface area (Å²) in [5, 5.41) is 9.82. The Bertz CT molecular complexity index is 1480. The summed E-state index contributed by atoms with van der Waals surface area (Å²) in [6, 6.07) is 12.8. The lowest BCUT2D eigenvalue weighted by Crippen LogP contribution is -2.40. The van der Waals surface area contributed by atoms with E-state index in [1.165, 1.54) is 55.6 Å². The van der Waals surface area contributed by atoms with Gasteiger partial charge in [0.15, 0.2) is 0 Å². The lowest BCUT2D eigenvalue weighted by Gasteiger charge is -2.24. The number of rotatable bonds is 3. The van der Waals surface area contributed by atoms with Gasteiger partial charge in [-0.05, 0) is 41.5 Å². The molecule has 32 heavy (non-hydrogen) atoms. The molecule has 3 aromatic rings. The third kappa shape index (κ3) is 3.50. The normalized spacial score (nSPS) is 16.0. The summed E-state index contributed by atoms with van der Waals surface area (Å²) in [7, 11) is 1.19. The van der Waals surface area contributed by atoms with Crippen molar-refractivity contribution in [1.82, 2.24) is 4.57 Å². The van der Waals surface area contributed by atoms with Crippen molar-refractivity contribution in [1.29, 1.82) is 5.26 Å². The fourth-order valence-electron chi connectivity index (χ4n) is 3.55. The zero-order valence-corrected chi connectivity index (χ0v) is 17.5. The lowest BCUT2D eigenvalue weighted by molar-refractivity contribution is -0.134. The van der Waals surface area contributed by atoms with Crippen LogP contribution in [0.25, 0.3) is 17.5 Å². The van der Waals surface area contributed by atoms with Gasteiger partial charge in [-0.15, -0.1) is 11.3 Å². The Balaban J connectivity index is 2.08. The fraction of sp³-hybridized carbons (Fsp3) is 0.0870. The van der Waals surface area contributed by atoms with E-state index in [1.54, 1.807) is 6.08 Å². The third-order valence-corrected chi connectivity index (χ3v) is 6.15. The quantitative estimate of drug-likeness (QED) is 0.613. The smallest absolute Gasteiger partial charge is 0.337 e. The van der Waals surface area contributed by atoms with Gasteiger partial charge in [0.25, 0.3) is 5.56 Å². The number of halogens is 2. The number of methoxy groups -OCH3 is 1. The molecule has 2 N–H and O–H groups in total. The van der Waals surface area contributed by atoms with Crippen LogP contribution >= 0.6 is 11.3 Å². The Morgan fingerprint density at radius 1 is 1.16 bits per heavy atom. The van der Waals surface area contributed by atoms with E-state index in [2.05, 4.69) is 0 Å². The predicted molar refractivity (Wildman–Crippen MR) is 115 cm³/mol. The molecule has 2 aromatic carbocycles. The SMILES string of the molecule is COC(=O)C1=c2s/c(=C/c3ccc(F)cc3)c(=O)n2C(N)=C(C#N)[C@@H]1c1ccc(F)cc1. The molecule has 1 aliphatic heterocycles. The van der Waals surface area contributed by atoms with Crippen molar-refractivity contribution in [3.8, 4) is 6.07 Å². The molecular weight excluding hydrogens is 436 g/mol. The molecule has 0 radical (unpaired) electrons. The Hall–Kier alpha value is -4.03. The number of fused-ring (bicyclic) bond motifs is 1. The van der Waals surface area contributed by atoms with Crippen LogP contribution in [0.5, 0.6) is 0 Å². The number of esters is 1. The number of carbonyl (C=O) groups is 1. The molecule has 0 bridgehead atoms. The van der Waals surface area contributed by atoms with Crippen molar-refractivity contribution in [3.05, 3.63) is 96.4 Å². The summed E-state index contributed by atoms with van der Waals surface area (Å²) in [6.07, 6.45) is 1.54. The van der Waals surface area contributed by atoms with Gasteiger partial charge in [0.1, 0.15) is 22.1 Å². The minimum absolute atomic E-state index is 0.0299. The number of allylic oxidation sites excluding steroid dienone is 1. The Kier molecular flexibility index (Phi) is 5.47. The van der Waals surface area contributed by atoms with Gasteiger partial charge in [-0.25, -0.2) is 13.6 Å². The highest BCUT2D eigenvalue weighted by molar-refractivity contribution is 7.07. The molecule has 0 amide bonds. The number of thiazole rings is 1. The summed E-state index contributed by atoms with van der Waals surface area (Å²) in [6.45, 7) is 0. The van der Waals surface area contributed by atoms with E-state index >= 15 is 0 Å². The largest absolute Gasteiger partial charge is 0.466 e. The van der Waals surface area contributed by atoms with Crippen LogP contribution in [0, 0.1) is 23.0 Å². The first kappa shape index (κ1) is 21.2. The number of aromatic nitrogens is 1. The van der Waals surface area contributed by atoms with Crippen molar-refractivity contribution in [2.75, 3.05) is 7.11 Å². The minimum atomic E-state index is -0.940. The zero-order chi connectivity index (χ0) is 23.0. The lowest BCUT2D eigenvalue weighted by atomic mass is 9.84. The van der Waals surface area contributed by atoms with E-state index in [4.69, 9.17) is 10.5 Å². The second-order valence-electron chi connectivity index (χ2n) is 6.91. The van der Waals surface area contributed by atoms with Gasteiger partial charge >= 0.3 is 5.97 Å². The zero-order valence-electron chi connectivity index (χ0n) is 16.6. The molecule has 0 aliphatic carbocycles. The van der Waals surface area contributed by atoms with Crippen molar-refractivity contribution < 1.29 is 18.3 Å². The molecule has 9 heteroatoms. The van der Waals surface area contributed by atoms with Gasteiger partial charge < -0.3 is 10.5 Å². The highest BCUT2D eigenvalue weighted by Crippen LogP contribution is 2.36. The van der Waals surface area contributed by atoms with Gasteiger partial charge in [-0.1, -0.05) is 24.3 Å². The average molecular weight is 451 g/mol. The average Bonchev–Trinajstić information content (AvgIpc) is 3.11. The number of nitriles is 1. The summed E-state index contributed by atoms with van der Waals surface area (Å²) in [5.74, 6) is -2.71. The van der Waals surface area contributed by atoms with Crippen LogP contribution < -0.4 is 20.5 Å². The first-order valence-electron chi connectivity index (χ1n) is 9.33. The van der Waals surface area contributed by atoms with Gasteiger partial charge in [0.05, 0.1) is 34.8 Å². The molecule has 2 heterocycles. The first-order chi connectivity index (χ1) is 15.3. The minimum Gasteiger partial charge on any atom is -0.466 e. The maximum atomic E-state index is 13.5. The van der Waals surface area contributed by atoms with Crippen molar-refractivity contribution in [3.63, 3.8) is 0 Å². The number of ether oxygens (including phenoxy) is 1. The molecular formula is C23H15F2N3O3S. The van der Waals surface area contributed by atoms with Gasteiger partial charge in [-0.3, -0.25) is 9.36 Å². The molecule has 6 nitrogen and oxygen atoms in total. The van der Waals surface area contributed by atoms with Crippen LogP contribution in [0.2, 0.25) is 0 Å². The Labute approximate surface area is 184 Å². The van der Waals surface area contributed by atoms with Crippen LogP contribution in [-0.4, -0.2) is 17.6 Å². The molecule has 1 aromatic heterocycles. The molecule has 4 rings (SSSR count). The summed E-state index contributed by atoms with van der Waals surface area (Å²) >= 11 is 0.996. The Morgan fingerprint density at radius 2 is 1.75 bits per heavy atom. The molecule has 160 valence electrons. The van der Waals surface area contributed by atoms with E-state index < -0.39 is 29.1 Å². The second kappa shape index (κ2) is 8.24. The van der Waals surface area contributed by atoms with E-state index in [9.17, 15) is 23.6 Å². The number of carbonyl (C=O) groups excluding carboxylic acids is 1. The van der Waals surface area contributed by atoms with Crippen LogP contribution in [0.15, 0.2) is 58.9 Å². The summed E-state index contributed by atoms with van der Waals surface area (Å²) in [5.41, 5.74) is 6.72. The molecule has 0 fully saturated rings. The van der Waals surface area contributed by atoms with Crippen molar-refractivity contribution >= 4 is 34.8 Å². The van der Waals surface area contributed by atoms with Gasteiger partial charge in [-0.2, -0.15) is 5.26 Å². The standard InChI is InChI=1S/C23H15F2N3O3S/c1-31-23(30)19-18(13-4-8-15(25)9-5-13)16(11-26)20(27)28-21(29)17(32-22(19)28)10-12-2-6-14(24)7-3-12/h2-10,18H,27H2,1H3/b17-10+/t18-/m0/s1. The predicted octanol–water partition coefficient (Wildman–Crippen LogP) is 1.79. The number of benzene rings is 2. The topological polar surface area (TPSA) is 98.1 Å². The molecule has 0 saturated heterocycles. The number of hydrogen-bond acceptors (Lipinski definition) is 6. The maximum Gasteiger partial charge on any atom is 0.337 e. The van der Waals surface area contributed by atoms with E-state index in [-0.39, 0.29) is 26.2 Å². The van der Waals surface area contributed by atoms with E-state index in [0.29, 0.717) is 11.1 Å². The molecule has 0 unspecified atom stereocenters. The summed E-state index contributed by atoms with van der Waals surface area (Å²) < 4.78 is 33.2. The maximum absolute atomic E-state index is 13.5. The van der Waals surface area contributed by atoms with Gasteiger partial charge in [0.2, 0.25) is 0 Å². The number of nitrogens with two attached hydrogens (primary N) is 1. The number of nitrogens with zero attached hydrogens (tertiary/aromatic N) is 2. The third-order valence-electron chi connectivity index (χ3n) is 5.05. The molecule has 1 aliphatic rings. The van der Waals surface area contributed by atoms with Crippen LogP contribution in [-0.2, 0) is 9.53 Å². The summed E-state index contributed by atoms with van der Waals surface area (Å²) in [4.78, 5) is 25.9. The molecule has 0 spiro atoms. The van der Waals surface area contributed by atoms with Crippen molar-refractivity contribution in [2.24, 2.45) is 5.73 Å². The fourth-order valence-corrected chi connectivity index (χ4v) is 4.72. The van der Waals surface area contributed by atoms with E-state index in [0.717, 1.165) is 15.9 Å². The highest BCUT2D eigenvalue weighted by atomic mass is 32.1. The Morgan fingerprint density at radius 3 is 2.31 bits per heavy atom. The molecule has 0 saturated carbocycles. The van der Waals surface area contributed by atoms with Crippen LogP contribution in [0.1, 0.15) is 17.0 Å². The molecule has 1 atom stereocenters. The first-order valence-corrected chi connectivity index (χ1v) is 10.1. The monoisotopic (exact) mass is 451 g/mol. The second-order valence-corrected chi connectivity index (χ2v) is 7.94.